The second-order valence-electron chi connectivity index (χ2n) is 6.73. The first-order chi connectivity index (χ1) is 13.3. The van der Waals surface area contributed by atoms with Crippen LogP contribution in [0.2, 0.25) is 0 Å². The van der Waals surface area contributed by atoms with Gasteiger partial charge in [0.05, 0.1) is 0 Å². The van der Waals surface area contributed by atoms with Crippen molar-refractivity contribution in [2.24, 2.45) is 0 Å². The van der Waals surface area contributed by atoms with Crippen LogP contribution in [0.1, 0.15) is 16.7 Å². The molecule has 2 heteroatoms. The highest BCUT2D eigenvalue weighted by atomic mass is 79.9. The van der Waals surface area contributed by atoms with Gasteiger partial charge in [0.15, 0.2) is 5.60 Å². The lowest BCUT2D eigenvalue weighted by molar-refractivity contribution is 0.163. The molecule has 5 rings (SSSR count). The predicted octanol–water partition coefficient (Wildman–Crippen LogP) is 6.95. The minimum atomic E-state index is -0.654. The molecule has 1 nitrogen and oxygen atoms in total. The first-order valence-electron chi connectivity index (χ1n) is 8.98. The Balaban J connectivity index is 1.81. The molecule has 1 heterocycles. The fraction of sp³-hybridized carbons (Fsp3) is 0.0400. The quantitative estimate of drug-likeness (QED) is 0.346. The normalized spacial score (nSPS) is 14.6. The van der Waals surface area contributed by atoms with Gasteiger partial charge in [-0.15, -0.1) is 0 Å². The van der Waals surface area contributed by atoms with E-state index in [1.165, 1.54) is 0 Å². The van der Waals surface area contributed by atoms with Crippen LogP contribution in [0.4, 0.5) is 0 Å². The minimum absolute atomic E-state index is 0.654. The summed E-state index contributed by atoms with van der Waals surface area (Å²) in [5.74, 6) is 0.912. The molecule has 0 aliphatic carbocycles. The first-order valence-corrected chi connectivity index (χ1v) is 9.78. The molecule has 0 amide bonds. The number of hydrogen-bond donors (Lipinski definition) is 0. The van der Waals surface area contributed by atoms with Crippen LogP contribution >= 0.6 is 15.9 Å². The predicted molar refractivity (Wildman–Crippen MR) is 115 cm³/mol. The fourth-order valence-electron chi connectivity index (χ4n) is 3.81. The van der Waals surface area contributed by atoms with E-state index >= 15 is 0 Å². The van der Waals surface area contributed by atoms with E-state index in [4.69, 9.17) is 4.74 Å². The molecule has 0 fully saturated rings. The highest BCUT2D eigenvalue weighted by Gasteiger charge is 2.37. The Bertz CT molecular complexity index is 1110. The number of halogens is 1. The molecule has 0 bridgehead atoms. The van der Waals surface area contributed by atoms with E-state index in [-0.39, 0.29) is 0 Å². The number of fused-ring (bicyclic) bond motifs is 3. The fourth-order valence-corrected chi connectivity index (χ4v) is 4.37. The maximum absolute atomic E-state index is 6.87. The summed E-state index contributed by atoms with van der Waals surface area (Å²) in [5.41, 5.74) is 2.65. The zero-order valence-electron chi connectivity index (χ0n) is 14.6. The molecule has 1 aliphatic rings. The van der Waals surface area contributed by atoms with Crippen molar-refractivity contribution in [3.8, 4) is 5.75 Å². The monoisotopic (exact) mass is 412 g/mol. The van der Waals surface area contributed by atoms with E-state index in [9.17, 15) is 0 Å². The summed E-state index contributed by atoms with van der Waals surface area (Å²) in [4.78, 5) is 0. The van der Waals surface area contributed by atoms with Crippen molar-refractivity contribution < 1.29 is 4.74 Å². The lowest BCUT2D eigenvalue weighted by atomic mass is 9.83. The molecule has 0 aromatic heterocycles. The molecule has 0 saturated carbocycles. The Kier molecular flexibility index (Phi) is 3.87. The average molecular weight is 413 g/mol. The van der Waals surface area contributed by atoms with Gasteiger partial charge < -0.3 is 4.74 Å². The van der Waals surface area contributed by atoms with Crippen molar-refractivity contribution in [3.05, 3.63) is 118 Å². The van der Waals surface area contributed by atoms with Gasteiger partial charge in [-0.25, -0.2) is 0 Å². The average Bonchev–Trinajstić information content (AvgIpc) is 2.75. The summed E-state index contributed by atoms with van der Waals surface area (Å²) in [6.45, 7) is 0. The van der Waals surface area contributed by atoms with E-state index in [0.717, 1.165) is 37.7 Å². The van der Waals surface area contributed by atoms with Gasteiger partial charge in [0, 0.05) is 26.5 Å². The van der Waals surface area contributed by atoms with Crippen molar-refractivity contribution in [1.82, 2.24) is 0 Å². The molecule has 0 N–H and O–H groups in total. The number of benzene rings is 4. The van der Waals surface area contributed by atoms with Crippen LogP contribution in [0.3, 0.4) is 0 Å². The first kappa shape index (κ1) is 16.3. The smallest absolute Gasteiger partial charge is 0.178 e. The van der Waals surface area contributed by atoms with Crippen molar-refractivity contribution in [3.63, 3.8) is 0 Å². The Hall–Kier alpha value is -2.84. The zero-order valence-corrected chi connectivity index (χ0v) is 16.2. The van der Waals surface area contributed by atoms with Crippen LogP contribution in [0.5, 0.6) is 5.75 Å². The van der Waals surface area contributed by atoms with Crippen molar-refractivity contribution in [2.45, 2.75) is 5.60 Å². The van der Waals surface area contributed by atoms with Gasteiger partial charge in [0.25, 0.3) is 0 Å². The molecule has 27 heavy (non-hydrogen) atoms. The van der Waals surface area contributed by atoms with Crippen LogP contribution in [0.25, 0.3) is 16.8 Å². The summed E-state index contributed by atoms with van der Waals surface area (Å²) in [5, 5.41) is 2.28. The van der Waals surface area contributed by atoms with Crippen LogP contribution in [0, 0.1) is 0 Å². The van der Waals surface area contributed by atoms with Crippen molar-refractivity contribution in [2.75, 3.05) is 0 Å². The van der Waals surface area contributed by atoms with Gasteiger partial charge in [-0.05, 0) is 23.6 Å². The Morgan fingerprint density at radius 1 is 0.704 bits per heavy atom. The summed E-state index contributed by atoms with van der Waals surface area (Å²) in [6, 6.07) is 31.3. The number of rotatable bonds is 2. The van der Waals surface area contributed by atoms with Gasteiger partial charge >= 0.3 is 0 Å². The van der Waals surface area contributed by atoms with E-state index in [1.54, 1.807) is 0 Å². The summed E-state index contributed by atoms with van der Waals surface area (Å²) in [7, 11) is 0. The number of ether oxygens (including phenoxy) is 1. The highest BCUT2D eigenvalue weighted by molar-refractivity contribution is 9.10. The van der Waals surface area contributed by atoms with E-state index < -0.39 is 5.60 Å². The summed E-state index contributed by atoms with van der Waals surface area (Å²) >= 11 is 3.72. The maximum Gasteiger partial charge on any atom is 0.178 e. The Labute approximate surface area is 167 Å². The van der Waals surface area contributed by atoms with Gasteiger partial charge in [0.2, 0.25) is 0 Å². The van der Waals surface area contributed by atoms with Crippen molar-refractivity contribution >= 4 is 32.8 Å². The molecule has 0 spiro atoms. The van der Waals surface area contributed by atoms with Crippen LogP contribution in [0.15, 0.2) is 102 Å². The molecule has 0 radical (unpaired) electrons. The topological polar surface area (TPSA) is 9.23 Å². The van der Waals surface area contributed by atoms with E-state index in [0.29, 0.717) is 0 Å². The lowest BCUT2D eigenvalue weighted by Gasteiger charge is -2.37. The Morgan fingerprint density at radius 2 is 1.30 bits per heavy atom. The SMILES string of the molecule is Brc1cc2ccccc2c2c1C=CC(c1ccccc1)(c1ccccc1)O2. The molecule has 4 aromatic carbocycles. The molecule has 130 valence electrons. The van der Waals surface area contributed by atoms with Crippen LogP contribution in [-0.4, -0.2) is 0 Å². The number of hydrogen-bond acceptors (Lipinski definition) is 1. The summed E-state index contributed by atoms with van der Waals surface area (Å²) < 4.78 is 7.91. The molecule has 0 unspecified atom stereocenters. The maximum atomic E-state index is 6.87. The molecular formula is C25H17BrO. The zero-order chi connectivity index (χ0) is 18.3. The lowest BCUT2D eigenvalue weighted by Crippen LogP contribution is -2.34. The van der Waals surface area contributed by atoms with Crippen molar-refractivity contribution in [1.29, 1.82) is 0 Å². The second-order valence-corrected chi connectivity index (χ2v) is 7.58. The third-order valence-electron chi connectivity index (χ3n) is 5.14. The van der Waals surface area contributed by atoms with Gasteiger partial charge in [-0.3, -0.25) is 0 Å². The van der Waals surface area contributed by atoms with Crippen LogP contribution in [-0.2, 0) is 5.60 Å². The van der Waals surface area contributed by atoms with E-state index in [2.05, 4.69) is 107 Å². The molecule has 4 aromatic rings. The molecular weight excluding hydrogens is 396 g/mol. The third kappa shape index (κ3) is 2.60. The third-order valence-corrected chi connectivity index (χ3v) is 5.80. The molecule has 0 saturated heterocycles. The highest BCUT2D eigenvalue weighted by Crippen LogP contribution is 2.47. The largest absolute Gasteiger partial charge is 0.472 e. The summed E-state index contributed by atoms with van der Waals surface area (Å²) in [6.07, 6.45) is 4.34. The Morgan fingerprint density at radius 3 is 1.96 bits per heavy atom. The van der Waals surface area contributed by atoms with Gasteiger partial charge in [-0.1, -0.05) is 101 Å². The molecule has 0 atom stereocenters. The van der Waals surface area contributed by atoms with Gasteiger partial charge in [0.1, 0.15) is 5.75 Å². The standard InChI is InChI=1S/C25H17BrO/c26-23-17-18-9-7-8-14-21(18)24-22(23)15-16-25(27-24,19-10-3-1-4-11-19)20-12-5-2-6-13-20/h1-17H. The second kappa shape index (κ2) is 6.40. The minimum Gasteiger partial charge on any atom is -0.472 e. The van der Waals surface area contributed by atoms with Crippen LogP contribution < -0.4 is 4.74 Å². The molecule has 1 aliphatic heterocycles. The van der Waals surface area contributed by atoms with Gasteiger partial charge in [-0.2, -0.15) is 0 Å². The van der Waals surface area contributed by atoms with E-state index in [1.807, 2.05) is 12.1 Å².